The summed E-state index contributed by atoms with van der Waals surface area (Å²) in [6.07, 6.45) is 0.0524. The van der Waals surface area contributed by atoms with E-state index in [-0.39, 0.29) is 23.9 Å². The van der Waals surface area contributed by atoms with E-state index in [1.807, 2.05) is 32.0 Å². The van der Waals surface area contributed by atoms with E-state index in [4.69, 9.17) is 27.9 Å². The van der Waals surface area contributed by atoms with E-state index in [0.29, 0.717) is 10.7 Å². The summed E-state index contributed by atoms with van der Waals surface area (Å²) in [7, 11) is 0. The highest BCUT2D eigenvalue weighted by Gasteiger charge is 2.36. The van der Waals surface area contributed by atoms with Crippen LogP contribution in [0.3, 0.4) is 0 Å². The molecule has 152 valence electrons. The first-order valence-electron chi connectivity index (χ1n) is 9.03. The van der Waals surface area contributed by atoms with Crippen molar-refractivity contribution < 1.29 is 19.1 Å². The smallest absolute Gasteiger partial charge is 0.311 e. The van der Waals surface area contributed by atoms with Crippen molar-refractivity contribution in [3.8, 4) is 0 Å². The van der Waals surface area contributed by atoms with E-state index >= 15 is 0 Å². The van der Waals surface area contributed by atoms with Crippen molar-refractivity contribution in [2.75, 3.05) is 23.4 Å². The Morgan fingerprint density at radius 2 is 1.93 bits per heavy atom. The lowest BCUT2D eigenvalue weighted by molar-refractivity contribution is -0.151. The first kappa shape index (κ1) is 21.1. The summed E-state index contributed by atoms with van der Waals surface area (Å²) in [6, 6.07) is 10.4. The van der Waals surface area contributed by atoms with Crippen molar-refractivity contribution in [2.45, 2.75) is 20.3 Å². The zero-order valence-electron chi connectivity index (χ0n) is 16.0. The average molecular weight is 435 g/mol. The fraction of sp³-hybridized carbons (Fsp3) is 0.286. The van der Waals surface area contributed by atoms with Crippen LogP contribution in [0.1, 0.15) is 17.5 Å². The van der Waals surface area contributed by atoms with E-state index < -0.39 is 24.4 Å². The third-order valence-electron chi connectivity index (χ3n) is 4.65. The molecule has 0 radical (unpaired) electrons. The van der Waals surface area contributed by atoms with Crippen molar-refractivity contribution in [3.63, 3.8) is 0 Å². The maximum absolute atomic E-state index is 12.4. The van der Waals surface area contributed by atoms with Crippen LogP contribution < -0.4 is 10.2 Å². The molecule has 0 aliphatic carbocycles. The largest absolute Gasteiger partial charge is 0.455 e. The minimum atomic E-state index is -0.616. The lowest BCUT2D eigenvalue weighted by Gasteiger charge is -2.19. The number of anilines is 2. The van der Waals surface area contributed by atoms with Crippen LogP contribution in [0.5, 0.6) is 0 Å². The number of halogens is 2. The maximum atomic E-state index is 12.4. The van der Waals surface area contributed by atoms with Crippen LogP contribution in [0, 0.1) is 19.8 Å². The molecule has 0 saturated carbocycles. The second-order valence-corrected chi connectivity index (χ2v) is 7.82. The van der Waals surface area contributed by atoms with Gasteiger partial charge in [0, 0.05) is 23.7 Å². The molecule has 3 rings (SSSR count). The second-order valence-electron chi connectivity index (χ2n) is 6.98. The molecule has 1 N–H and O–H groups in total. The van der Waals surface area contributed by atoms with Crippen LogP contribution in [0.25, 0.3) is 0 Å². The summed E-state index contributed by atoms with van der Waals surface area (Å²) in [5.41, 5.74) is 3.22. The quantitative estimate of drug-likeness (QED) is 0.717. The zero-order valence-corrected chi connectivity index (χ0v) is 17.5. The molecule has 2 aromatic rings. The predicted molar refractivity (Wildman–Crippen MR) is 112 cm³/mol. The SMILES string of the molecule is Cc1ccc(N2C[C@@H](C(=O)OCC(=O)Nc3ccc(Cl)cc3Cl)CC2=O)c(C)c1. The van der Waals surface area contributed by atoms with Gasteiger partial charge in [-0.15, -0.1) is 0 Å². The van der Waals surface area contributed by atoms with Gasteiger partial charge >= 0.3 is 5.97 Å². The number of amides is 2. The number of esters is 1. The highest BCUT2D eigenvalue weighted by atomic mass is 35.5. The molecule has 8 heteroatoms. The molecule has 2 amide bonds. The number of nitrogens with one attached hydrogen (secondary N) is 1. The van der Waals surface area contributed by atoms with Crippen LogP contribution in [0.4, 0.5) is 11.4 Å². The number of hydrogen-bond acceptors (Lipinski definition) is 4. The summed E-state index contributed by atoms with van der Waals surface area (Å²) in [5, 5.41) is 3.28. The van der Waals surface area contributed by atoms with E-state index in [2.05, 4.69) is 5.32 Å². The molecule has 2 aromatic carbocycles. The fourth-order valence-corrected chi connectivity index (χ4v) is 3.69. The van der Waals surface area contributed by atoms with Gasteiger partial charge in [0.05, 0.1) is 16.6 Å². The molecule has 6 nitrogen and oxygen atoms in total. The molecule has 1 aliphatic heterocycles. The molecular weight excluding hydrogens is 415 g/mol. The molecule has 1 heterocycles. The van der Waals surface area contributed by atoms with E-state index in [1.54, 1.807) is 17.0 Å². The normalized spacial score (nSPS) is 16.1. The topological polar surface area (TPSA) is 75.7 Å². The van der Waals surface area contributed by atoms with Crippen LogP contribution in [-0.2, 0) is 19.1 Å². The molecule has 1 fully saturated rings. The Morgan fingerprint density at radius 3 is 2.62 bits per heavy atom. The van der Waals surface area contributed by atoms with Crippen molar-refractivity contribution in [2.24, 2.45) is 5.92 Å². The molecular formula is C21H20Cl2N2O4. The summed E-state index contributed by atoms with van der Waals surface area (Å²) in [5.74, 6) is -1.87. The Bertz CT molecular complexity index is 977. The van der Waals surface area contributed by atoms with Gasteiger partial charge < -0.3 is 15.0 Å². The monoisotopic (exact) mass is 434 g/mol. The first-order chi connectivity index (χ1) is 13.7. The van der Waals surface area contributed by atoms with Crippen LogP contribution in [0.2, 0.25) is 10.0 Å². The molecule has 1 atom stereocenters. The van der Waals surface area contributed by atoms with Gasteiger partial charge in [-0.2, -0.15) is 0 Å². The lowest BCUT2D eigenvalue weighted by atomic mass is 10.1. The van der Waals surface area contributed by atoms with Gasteiger partial charge in [0.2, 0.25) is 5.91 Å². The van der Waals surface area contributed by atoms with Gasteiger partial charge in [0.1, 0.15) is 0 Å². The highest BCUT2D eigenvalue weighted by Crippen LogP contribution is 2.29. The number of benzene rings is 2. The van der Waals surface area contributed by atoms with Gasteiger partial charge in [0.15, 0.2) is 6.61 Å². The Hall–Kier alpha value is -2.57. The average Bonchev–Trinajstić information content (AvgIpc) is 3.04. The Balaban J connectivity index is 1.56. The lowest BCUT2D eigenvalue weighted by Crippen LogP contribution is -2.28. The third kappa shape index (κ3) is 5.08. The summed E-state index contributed by atoms with van der Waals surface area (Å²) in [6.45, 7) is 3.66. The number of aryl methyl sites for hydroxylation is 2. The third-order valence-corrected chi connectivity index (χ3v) is 5.20. The Labute approximate surface area is 178 Å². The standard InChI is InChI=1S/C21H20Cl2N2O4/c1-12-3-6-18(13(2)7-12)25-10-14(8-20(25)27)21(28)29-11-19(26)24-17-5-4-15(22)9-16(17)23/h3-7,9,14H,8,10-11H2,1-2H3,(H,24,26)/t14-/m0/s1. The summed E-state index contributed by atoms with van der Waals surface area (Å²) in [4.78, 5) is 38.4. The number of nitrogens with zero attached hydrogens (tertiary/aromatic N) is 1. The van der Waals surface area contributed by atoms with E-state index in [1.165, 1.54) is 6.07 Å². The van der Waals surface area contributed by atoms with Crippen LogP contribution in [0.15, 0.2) is 36.4 Å². The molecule has 1 saturated heterocycles. The number of rotatable bonds is 5. The van der Waals surface area contributed by atoms with E-state index in [0.717, 1.165) is 16.8 Å². The summed E-state index contributed by atoms with van der Waals surface area (Å²) >= 11 is 11.8. The van der Waals surface area contributed by atoms with Gasteiger partial charge in [-0.3, -0.25) is 14.4 Å². The number of carbonyl (C=O) groups is 3. The van der Waals surface area contributed by atoms with Crippen molar-refractivity contribution in [1.29, 1.82) is 0 Å². The zero-order chi connectivity index (χ0) is 21.1. The maximum Gasteiger partial charge on any atom is 0.311 e. The molecule has 29 heavy (non-hydrogen) atoms. The Kier molecular flexibility index (Phi) is 6.45. The molecule has 0 spiro atoms. The number of carbonyl (C=O) groups excluding carboxylic acids is 3. The van der Waals surface area contributed by atoms with E-state index in [9.17, 15) is 14.4 Å². The minimum absolute atomic E-state index is 0.0524. The van der Waals surface area contributed by atoms with Crippen molar-refractivity contribution >= 4 is 52.4 Å². The molecule has 1 aliphatic rings. The van der Waals surface area contributed by atoms with Crippen molar-refractivity contribution in [1.82, 2.24) is 0 Å². The fourth-order valence-electron chi connectivity index (χ4n) is 3.24. The van der Waals surface area contributed by atoms with Gasteiger partial charge in [0.25, 0.3) is 5.91 Å². The first-order valence-corrected chi connectivity index (χ1v) is 9.79. The summed E-state index contributed by atoms with van der Waals surface area (Å²) < 4.78 is 5.11. The Morgan fingerprint density at radius 1 is 1.17 bits per heavy atom. The van der Waals surface area contributed by atoms with Gasteiger partial charge in [-0.05, 0) is 43.7 Å². The minimum Gasteiger partial charge on any atom is -0.455 e. The number of hydrogen-bond donors (Lipinski definition) is 1. The van der Waals surface area contributed by atoms with Gasteiger partial charge in [-0.1, -0.05) is 40.9 Å². The number of ether oxygens (including phenoxy) is 1. The molecule has 0 aromatic heterocycles. The van der Waals surface area contributed by atoms with Crippen molar-refractivity contribution in [3.05, 3.63) is 57.6 Å². The molecule has 0 bridgehead atoms. The highest BCUT2D eigenvalue weighted by molar-refractivity contribution is 6.36. The van der Waals surface area contributed by atoms with Crippen LogP contribution in [-0.4, -0.2) is 30.9 Å². The molecule has 0 unspecified atom stereocenters. The predicted octanol–water partition coefficient (Wildman–Crippen LogP) is 4.15. The second kappa shape index (κ2) is 8.84. The van der Waals surface area contributed by atoms with Crippen LogP contribution >= 0.6 is 23.2 Å². The van der Waals surface area contributed by atoms with Gasteiger partial charge in [-0.25, -0.2) is 0 Å².